The SMILES string of the molecule is Clc1ccc(CC=CCCBr)s1. The minimum Gasteiger partial charge on any atom is -0.128 e. The molecule has 0 radical (unpaired) electrons. The van der Waals surface area contributed by atoms with Gasteiger partial charge in [-0.3, -0.25) is 0 Å². The highest BCUT2D eigenvalue weighted by Crippen LogP contribution is 2.21. The van der Waals surface area contributed by atoms with Gasteiger partial charge >= 0.3 is 0 Å². The number of rotatable bonds is 4. The van der Waals surface area contributed by atoms with Crippen molar-refractivity contribution >= 4 is 38.9 Å². The van der Waals surface area contributed by atoms with E-state index in [2.05, 4.69) is 34.1 Å². The fourth-order valence-electron chi connectivity index (χ4n) is 0.842. The van der Waals surface area contributed by atoms with Gasteiger partial charge in [-0.1, -0.05) is 39.7 Å². The number of allylic oxidation sites excluding steroid dienone is 2. The maximum Gasteiger partial charge on any atom is 0.0931 e. The minimum absolute atomic E-state index is 0.874. The molecule has 0 aliphatic carbocycles. The molecule has 0 atom stereocenters. The largest absolute Gasteiger partial charge is 0.128 e. The van der Waals surface area contributed by atoms with Gasteiger partial charge in [0.2, 0.25) is 0 Å². The maximum atomic E-state index is 5.79. The summed E-state index contributed by atoms with van der Waals surface area (Å²) in [6.07, 6.45) is 6.47. The monoisotopic (exact) mass is 264 g/mol. The van der Waals surface area contributed by atoms with E-state index in [0.29, 0.717) is 0 Å². The Morgan fingerprint density at radius 2 is 2.25 bits per heavy atom. The summed E-state index contributed by atoms with van der Waals surface area (Å²) in [7, 11) is 0. The van der Waals surface area contributed by atoms with E-state index in [1.807, 2.05) is 6.07 Å². The normalized spacial score (nSPS) is 11.2. The van der Waals surface area contributed by atoms with E-state index >= 15 is 0 Å². The van der Waals surface area contributed by atoms with Crippen molar-refractivity contribution in [2.75, 3.05) is 5.33 Å². The molecular weight excluding hydrogens is 256 g/mol. The van der Waals surface area contributed by atoms with Gasteiger partial charge in [0.05, 0.1) is 4.34 Å². The van der Waals surface area contributed by atoms with E-state index < -0.39 is 0 Å². The quantitative estimate of drug-likeness (QED) is 0.563. The highest BCUT2D eigenvalue weighted by Gasteiger charge is 1.93. The molecule has 1 heterocycles. The first-order chi connectivity index (χ1) is 5.83. The second-order valence-electron chi connectivity index (χ2n) is 2.36. The van der Waals surface area contributed by atoms with Crippen LogP contribution in [0.25, 0.3) is 0 Å². The average molecular weight is 266 g/mol. The van der Waals surface area contributed by atoms with Crippen LogP contribution in [0.3, 0.4) is 0 Å². The molecule has 0 aromatic carbocycles. The molecule has 0 aliphatic heterocycles. The van der Waals surface area contributed by atoms with Crippen LogP contribution < -0.4 is 0 Å². The molecule has 0 fully saturated rings. The Balaban J connectivity index is 2.33. The van der Waals surface area contributed by atoms with E-state index in [-0.39, 0.29) is 0 Å². The van der Waals surface area contributed by atoms with E-state index in [9.17, 15) is 0 Å². The lowest BCUT2D eigenvalue weighted by Crippen LogP contribution is -1.72. The third-order valence-corrected chi connectivity index (χ3v) is 3.10. The third kappa shape index (κ3) is 3.74. The predicted octanol–water partition coefficient (Wildman–Crippen LogP) is 4.29. The van der Waals surface area contributed by atoms with Crippen LogP contribution in [-0.2, 0) is 6.42 Å². The molecule has 0 amide bonds. The van der Waals surface area contributed by atoms with Crippen LogP contribution in [-0.4, -0.2) is 5.33 Å². The Labute approximate surface area is 90.4 Å². The fraction of sp³-hybridized carbons (Fsp3) is 0.333. The molecule has 0 saturated heterocycles. The molecule has 0 nitrogen and oxygen atoms in total. The van der Waals surface area contributed by atoms with Crippen molar-refractivity contribution in [2.45, 2.75) is 12.8 Å². The van der Waals surface area contributed by atoms with Gasteiger partial charge in [-0.25, -0.2) is 0 Å². The van der Waals surface area contributed by atoms with Gasteiger partial charge in [0, 0.05) is 10.2 Å². The minimum atomic E-state index is 0.874. The molecule has 0 bridgehead atoms. The molecule has 0 N–H and O–H groups in total. The Bertz CT molecular complexity index is 255. The zero-order valence-electron chi connectivity index (χ0n) is 6.59. The van der Waals surface area contributed by atoms with Crippen molar-refractivity contribution in [3.05, 3.63) is 33.5 Å². The van der Waals surface area contributed by atoms with Crippen LogP contribution in [0, 0.1) is 0 Å². The lowest BCUT2D eigenvalue weighted by Gasteiger charge is -1.86. The van der Waals surface area contributed by atoms with Gasteiger partial charge in [-0.05, 0) is 25.0 Å². The van der Waals surface area contributed by atoms with Gasteiger partial charge in [0.15, 0.2) is 0 Å². The highest BCUT2D eigenvalue weighted by atomic mass is 79.9. The number of thiophene rings is 1. The van der Waals surface area contributed by atoms with Crippen LogP contribution in [0.1, 0.15) is 11.3 Å². The molecule has 12 heavy (non-hydrogen) atoms. The van der Waals surface area contributed by atoms with Crippen LogP contribution in [0.15, 0.2) is 24.3 Å². The summed E-state index contributed by atoms with van der Waals surface area (Å²) in [5.74, 6) is 0. The smallest absolute Gasteiger partial charge is 0.0931 e. The Morgan fingerprint density at radius 3 is 2.83 bits per heavy atom. The zero-order valence-corrected chi connectivity index (χ0v) is 9.75. The average Bonchev–Trinajstić information content (AvgIpc) is 2.45. The van der Waals surface area contributed by atoms with E-state index in [0.717, 1.165) is 22.5 Å². The summed E-state index contributed by atoms with van der Waals surface area (Å²) in [4.78, 5) is 1.32. The molecule has 66 valence electrons. The molecule has 0 aliphatic rings. The second kappa shape index (κ2) is 5.79. The highest BCUT2D eigenvalue weighted by molar-refractivity contribution is 9.09. The van der Waals surface area contributed by atoms with Crippen molar-refractivity contribution in [3.8, 4) is 0 Å². The maximum absolute atomic E-state index is 5.79. The topological polar surface area (TPSA) is 0 Å². The molecule has 1 rings (SSSR count). The van der Waals surface area contributed by atoms with Crippen LogP contribution in [0.2, 0.25) is 4.34 Å². The number of alkyl halides is 1. The first kappa shape index (κ1) is 10.3. The number of hydrogen-bond donors (Lipinski definition) is 0. The number of hydrogen-bond acceptors (Lipinski definition) is 1. The summed E-state index contributed by atoms with van der Waals surface area (Å²) in [5.41, 5.74) is 0. The summed E-state index contributed by atoms with van der Waals surface area (Å²) >= 11 is 10.8. The van der Waals surface area contributed by atoms with Gasteiger partial charge in [0.1, 0.15) is 0 Å². The summed E-state index contributed by atoms with van der Waals surface area (Å²) in [6.45, 7) is 0. The van der Waals surface area contributed by atoms with Gasteiger partial charge in [-0.2, -0.15) is 0 Å². The van der Waals surface area contributed by atoms with Gasteiger partial charge in [0.25, 0.3) is 0 Å². The summed E-state index contributed by atoms with van der Waals surface area (Å²) in [5, 5.41) is 1.04. The van der Waals surface area contributed by atoms with E-state index in [4.69, 9.17) is 11.6 Å². The molecule has 1 aromatic heterocycles. The molecule has 1 aromatic rings. The molecule has 0 spiro atoms. The van der Waals surface area contributed by atoms with Gasteiger partial charge < -0.3 is 0 Å². The molecular formula is C9H10BrClS. The fourth-order valence-corrected chi connectivity index (χ4v) is 2.17. The Kier molecular flexibility index (Phi) is 4.96. The molecule has 0 unspecified atom stereocenters. The Morgan fingerprint density at radius 1 is 1.42 bits per heavy atom. The van der Waals surface area contributed by atoms with E-state index in [1.54, 1.807) is 11.3 Å². The van der Waals surface area contributed by atoms with Crippen molar-refractivity contribution < 1.29 is 0 Å². The third-order valence-electron chi connectivity index (χ3n) is 1.39. The van der Waals surface area contributed by atoms with Crippen LogP contribution in [0.4, 0.5) is 0 Å². The second-order valence-corrected chi connectivity index (χ2v) is 4.95. The molecule has 0 saturated carbocycles. The first-order valence-corrected chi connectivity index (χ1v) is 6.09. The van der Waals surface area contributed by atoms with Crippen molar-refractivity contribution in [3.63, 3.8) is 0 Å². The summed E-state index contributed by atoms with van der Waals surface area (Å²) in [6, 6.07) is 4.02. The molecule has 3 heteroatoms. The lowest BCUT2D eigenvalue weighted by molar-refractivity contribution is 1.22. The first-order valence-electron chi connectivity index (χ1n) is 3.78. The summed E-state index contributed by atoms with van der Waals surface area (Å²) < 4.78 is 0.874. The van der Waals surface area contributed by atoms with Crippen LogP contribution in [0.5, 0.6) is 0 Å². The predicted molar refractivity (Wildman–Crippen MR) is 60.6 cm³/mol. The van der Waals surface area contributed by atoms with E-state index in [1.165, 1.54) is 4.88 Å². The number of halogens is 2. The van der Waals surface area contributed by atoms with Crippen molar-refractivity contribution in [1.29, 1.82) is 0 Å². The van der Waals surface area contributed by atoms with Crippen molar-refractivity contribution in [2.24, 2.45) is 0 Å². The van der Waals surface area contributed by atoms with Crippen molar-refractivity contribution in [1.82, 2.24) is 0 Å². The van der Waals surface area contributed by atoms with Gasteiger partial charge in [-0.15, -0.1) is 11.3 Å². The zero-order chi connectivity index (χ0) is 8.81. The lowest BCUT2D eigenvalue weighted by atomic mass is 10.3. The standard InChI is InChI=1S/C9H10BrClS/c10-7-3-1-2-4-8-5-6-9(11)12-8/h1-2,5-6H,3-4,7H2. The Hall–Kier alpha value is 0.210. The van der Waals surface area contributed by atoms with Crippen LogP contribution >= 0.6 is 38.9 Å².